The van der Waals surface area contributed by atoms with E-state index in [0.29, 0.717) is 16.9 Å². The van der Waals surface area contributed by atoms with E-state index in [2.05, 4.69) is 4.98 Å². The lowest BCUT2D eigenvalue weighted by atomic mass is 9.98. The van der Waals surface area contributed by atoms with E-state index in [1.54, 1.807) is 31.4 Å². The smallest absolute Gasteiger partial charge is 0.340 e. The Bertz CT molecular complexity index is 667. The molecule has 1 heterocycles. The normalized spacial score (nSPS) is 10.3. The molecule has 2 aromatic rings. The molecule has 0 aliphatic rings. The Kier molecular flexibility index (Phi) is 4.55. The highest BCUT2D eigenvalue weighted by Crippen LogP contribution is 2.33. The van der Waals surface area contributed by atoms with Gasteiger partial charge in [0, 0.05) is 23.0 Å². The van der Waals surface area contributed by atoms with E-state index in [1.807, 2.05) is 6.92 Å². The highest BCUT2D eigenvalue weighted by atomic mass is 16.5. The lowest BCUT2D eigenvalue weighted by Crippen LogP contribution is -2.06. The number of hydrogen-bond donors (Lipinski definition) is 1. The van der Waals surface area contributed by atoms with E-state index in [1.165, 1.54) is 13.3 Å². The number of hydrogen-bond acceptors (Lipinski definition) is 5. The van der Waals surface area contributed by atoms with Gasteiger partial charge in [-0.3, -0.25) is 4.98 Å². The maximum atomic E-state index is 11.9. The number of pyridine rings is 1. The number of aryl methyl sites for hydroxylation is 1. The Morgan fingerprint density at radius 3 is 2.62 bits per heavy atom. The Hall–Kier alpha value is -2.40. The van der Waals surface area contributed by atoms with Gasteiger partial charge in [-0.15, -0.1) is 0 Å². The summed E-state index contributed by atoms with van der Waals surface area (Å²) in [7, 11) is 2.89. The van der Waals surface area contributed by atoms with Crippen LogP contribution in [-0.4, -0.2) is 30.3 Å². The fourth-order valence-corrected chi connectivity index (χ4v) is 2.12. The van der Waals surface area contributed by atoms with Crippen LogP contribution in [0.25, 0.3) is 11.1 Å². The predicted molar refractivity (Wildman–Crippen MR) is 78.2 cm³/mol. The molecule has 0 amide bonds. The first-order valence-corrected chi connectivity index (χ1v) is 6.43. The average molecular weight is 287 g/mol. The zero-order chi connectivity index (χ0) is 15.4. The number of nitrogens with zero attached hydrogens (tertiary/aromatic N) is 1. The number of benzene rings is 1. The zero-order valence-electron chi connectivity index (χ0n) is 12.2. The maximum absolute atomic E-state index is 11.9. The van der Waals surface area contributed by atoms with Crippen LogP contribution in [-0.2, 0) is 11.3 Å². The molecule has 0 unspecified atom stereocenters. The van der Waals surface area contributed by atoms with E-state index in [9.17, 15) is 9.90 Å². The summed E-state index contributed by atoms with van der Waals surface area (Å²) in [5, 5.41) is 9.31. The van der Waals surface area contributed by atoms with E-state index < -0.39 is 5.97 Å². The largest absolute Gasteiger partial charge is 0.496 e. The summed E-state index contributed by atoms with van der Waals surface area (Å²) in [6.07, 6.45) is 1.49. The van der Waals surface area contributed by atoms with Crippen LogP contribution in [0.3, 0.4) is 0 Å². The minimum atomic E-state index is -0.464. The molecule has 21 heavy (non-hydrogen) atoms. The van der Waals surface area contributed by atoms with Crippen molar-refractivity contribution in [3.63, 3.8) is 0 Å². The Morgan fingerprint density at radius 2 is 2.00 bits per heavy atom. The lowest BCUT2D eigenvalue weighted by molar-refractivity contribution is 0.0601. The summed E-state index contributed by atoms with van der Waals surface area (Å²) in [6, 6.07) is 7.12. The number of esters is 1. The van der Waals surface area contributed by atoms with Crippen molar-refractivity contribution in [2.75, 3.05) is 14.2 Å². The van der Waals surface area contributed by atoms with Crippen molar-refractivity contribution >= 4 is 5.97 Å². The summed E-state index contributed by atoms with van der Waals surface area (Å²) in [5.41, 5.74) is 3.25. The number of rotatable bonds is 4. The fourth-order valence-electron chi connectivity index (χ4n) is 2.12. The Balaban J connectivity index is 2.70. The highest BCUT2D eigenvalue weighted by Gasteiger charge is 2.17. The van der Waals surface area contributed by atoms with Gasteiger partial charge in [0.1, 0.15) is 5.75 Å². The molecule has 5 nitrogen and oxygen atoms in total. The molecule has 0 bridgehead atoms. The quantitative estimate of drug-likeness (QED) is 0.874. The SMILES string of the molecule is COC(=O)c1cnc(C)cc1-c1cc(CO)ccc1OC. The maximum Gasteiger partial charge on any atom is 0.340 e. The highest BCUT2D eigenvalue weighted by molar-refractivity contribution is 5.97. The Morgan fingerprint density at radius 1 is 1.24 bits per heavy atom. The van der Waals surface area contributed by atoms with Crippen molar-refractivity contribution in [3.05, 3.63) is 47.3 Å². The van der Waals surface area contributed by atoms with Crippen LogP contribution in [0, 0.1) is 6.92 Å². The van der Waals surface area contributed by atoms with Crippen molar-refractivity contribution in [2.24, 2.45) is 0 Å². The third-order valence-electron chi connectivity index (χ3n) is 3.18. The van der Waals surface area contributed by atoms with Crippen LogP contribution in [0.15, 0.2) is 30.5 Å². The molecule has 0 spiro atoms. The standard InChI is InChI=1S/C16H17NO4/c1-10-6-12(14(8-17-10)16(19)21-3)13-7-11(9-18)4-5-15(13)20-2/h4-8,18H,9H2,1-3H3. The van der Waals surface area contributed by atoms with Crippen molar-refractivity contribution in [1.29, 1.82) is 0 Å². The first-order chi connectivity index (χ1) is 10.1. The van der Waals surface area contributed by atoms with Gasteiger partial charge in [-0.2, -0.15) is 0 Å². The van der Waals surface area contributed by atoms with Gasteiger partial charge in [-0.25, -0.2) is 4.79 Å². The number of ether oxygens (including phenoxy) is 2. The number of methoxy groups -OCH3 is 2. The van der Waals surface area contributed by atoms with Crippen LogP contribution in [0.2, 0.25) is 0 Å². The second-order valence-corrected chi connectivity index (χ2v) is 4.56. The van der Waals surface area contributed by atoms with E-state index >= 15 is 0 Å². The molecule has 2 rings (SSSR count). The molecule has 1 aromatic heterocycles. The summed E-state index contributed by atoms with van der Waals surface area (Å²) >= 11 is 0. The third kappa shape index (κ3) is 3.03. The second-order valence-electron chi connectivity index (χ2n) is 4.56. The molecule has 0 fully saturated rings. The lowest BCUT2D eigenvalue weighted by Gasteiger charge is -2.13. The number of carbonyl (C=O) groups is 1. The van der Waals surface area contributed by atoms with Gasteiger partial charge >= 0.3 is 5.97 Å². The number of aromatic nitrogens is 1. The monoisotopic (exact) mass is 287 g/mol. The summed E-state index contributed by atoms with van der Waals surface area (Å²) in [4.78, 5) is 16.1. The van der Waals surface area contributed by atoms with Gasteiger partial charge in [-0.1, -0.05) is 6.07 Å². The number of aliphatic hydroxyl groups excluding tert-OH is 1. The van der Waals surface area contributed by atoms with E-state index in [0.717, 1.165) is 16.8 Å². The van der Waals surface area contributed by atoms with Gasteiger partial charge < -0.3 is 14.6 Å². The van der Waals surface area contributed by atoms with Gasteiger partial charge in [0.2, 0.25) is 0 Å². The van der Waals surface area contributed by atoms with E-state index in [4.69, 9.17) is 9.47 Å². The van der Waals surface area contributed by atoms with Crippen molar-refractivity contribution < 1.29 is 19.4 Å². The van der Waals surface area contributed by atoms with Gasteiger partial charge in [0.25, 0.3) is 0 Å². The first kappa shape index (κ1) is 15.0. The van der Waals surface area contributed by atoms with Gasteiger partial charge in [0.05, 0.1) is 26.4 Å². The van der Waals surface area contributed by atoms with Crippen LogP contribution < -0.4 is 4.74 Å². The molecule has 0 aliphatic carbocycles. The molecular weight excluding hydrogens is 270 g/mol. The molecule has 110 valence electrons. The molecule has 5 heteroatoms. The molecule has 0 aliphatic heterocycles. The predicted octanol–water partition coefficient (Wildman–Crippen LogP) is 2.34. The summed E-state index contributed by atoms with van der Waals surface area (Å²) in [5.74, 6) is 0.150. The van der Waals surface area contributed by atoms with Crippen molar-refractivity contribution in [3.8, 4) is 16.9 Å². The zero-order valence-corrected chi connectivity index (χ0v) is 12.2. The molecule has 0 saturated heterocycles. The van der Waals surface area contributed by atoms with E-state index in [-0.39, 0.29) is 6.61 Å². The molecular formula is C16H17NO4. The van der Waals surface area contributed by atoms with Crippen LogP contribution in [0.1, 0.15) is 21.6 Å². The fraction of sp³-hybridized carbons (Fsp3) is 0.250. The second kappa shape index (κ2) is 6.37. The molecule has 1 N–H and O–H groups in total. The molecule has 0 radical (unpaired) electrons. The van der Waals surface area contributed by atoms with Gasteiger partial charge in [-0.05, 0) is 30.7 Å². The summed E-state index contributed by atoms with van der Waals surface area (Å²) in [6.45, 7) is 1.75. The molecule has 0 atom stereocenters. The van der Waals surface area contributed by atoms with Crippen LogP contribution in [0.4, 0.5) is 0 Å². The van der Waals surface area contributed by atoms with Crippen LogP contribution >= 0.6 is 0 Å². The minimum absolute atomic E-state index is 0.0887. The number of aliphatic hydroxyl groups is 1. The third-order valence-corrected chi connectivity index (χ3v) is 3.18. The van der Waals surface area contributed by atoms with Crippen LogP contribution in [0.5, 0.6) is 5.75 Å². The minimum Gasteiger partial charge on any atom is -0.496 e. The summed E-state index contributed by atoms with van der Waals surface area (Å²) < 4.78 is 10.2. The van der Waals surface area contributed by atoms with Gasteiger partial charge in [0.15, 0.2) is 0 Å². The number of carbonyl (C=O) groups excluding carboxylic acids is 1. The van der Waals surface area contributed by atoms with Crippen molar-refractivity contribution in [1.82, 2.24) is 4.98 Å². The Labute approximate surface area is 123 Å². The van der Waals surface area contributed by atoms with Crippen molar-refractivity contribution in [2.45, 2.75) is 13.5 Å². The topological polar surface area (TPSA) is 68.7 Å². The molecule has 1 aromatic carbocycles. The first-order valence-electron chi connectivity index (χ1n) is 6.43. The molecule has 0 saturated carbocycles. The average Bonchev–Trinajstić information content (AvgIpc) is 2.53.